The van der Waals surface area contributed by atoms with Crippen LogP contribution in [0, 0.1) is 23.3 Å². The molecule has 1 aromatic heterocycles. The molecule has 0 saturated carbocycles. The predicted octanol–water partition coefficient (Wildman–Crippen LogP) is 4.14. The highest BCUT2D eigenvalue weighted by Crippen LogP contribution is 2.19. The Kier molecular flexibility index (Phi) is 5.35. The number of anilines is 2. The molecule has 0 saturated heterocycles. The van der Waals surface area contributed by atoms with Crippen LogP contribution in [0.3, 0.4) is 0 Å². The Morgan fingerprint density at radius 3 is 2.14 bits per heavy atom. The largest absolute Gasteiger partial charge is 0.322 e. The Bertz CT molecular complexity index is 1050. The number of carbonyl (C=O) groups excluding carboxylic acids is 2. The second kappa shape index (κ2) is 7.87. The molecule has 0 bridgehead atoms. The fraction of sp³-hybridized carbons (Fsp3) is 0. The summed E-state index contributed by atoms with van der Waals surface area (Å²) in [6, 6.07) is 8.24. The first-order valence-electron chi connectivity index (χ1n) is 7.83. The van der Waals surface area contributed by atoms with E-state index in [1.165, 1.54) is 6.07 Å². The van der Waals surface area contributed by atoms with Crippen LogP contribution in [0.15, 0.2) is 54.7 Å². The Morgan fingerprint density at radius 2 is 1.46 bits per heavy atom. The minimum absolute atomic E-state index is 0.000131. The maximum atomic E-state index is 13.6. The van der Waals surface area contributed by atoms with E-state index in [0.717, 1.165) is 48.7 Å². The molecule has 1 heterocycles. The van der Waals surface area contributed by atoms with Gasteiger partial charge in [0.25, 0.3) is 11.8 Å². The monoisotopic (exact) mass is 389 g/mol. The van der Waals surface area contributed by atoms with E-state index in [0.29, 0.717) is 0 Å². The topological polar surface area (TPSA) is 71.1 Å². The fourth-order valence-corrected chi connectivity index (χ4v) is 2.27. The molecular weight excluding hydrogens is 378 g/mol. The number of pyridine rings is 1. The maximum Gasteiger partial charge on any atom is 0.274 e. The Balaban J connectivity index is 1.78. The van der Waals surface area contributed by atoms with Crippen molar-refractivity contribution in [3.63, 3.8) is 0 Å². The van der Waals surface area contributed by atoms with Crippen LogP contribution in [0.5, 0.6) is 0 Å². The van der Waals surface area contributed by atoms with Crippen molar-refractivity contribution in [3.8, 4) is 0 Å². The normalized spacial score (nSPS) is 10.4. The molecule has 0 atom stereocenters. The zero-order valence-electron chi connectivity index (χ0n) is 14.0. The molecule has 142 valence electrons. The first-order valence-corrected chi connectivity index (χ1v) is 7.83. The number of hydrogen-bond acceptors (Lipinski definition) is 3. The molecule has 0 aliphatic rings. The zero-order valence-corrected chi connectivity index (χ0v) is 14.0. The van der Waals surface area contributed by atoms with E-state index in [4.69, 9.17) is 0 Å². The Labute approximate surface area is 156 Å². The first kappa shape index (κ1) is 19.0. The number of nitrogens with one attached hydrogen (secondary N) is 2. The fourth-order valence-electron chi connectivity index (χ4n) is 2.27. The number of para-hydroxylation sites is 1. The van der Waals surface area contributed by atoms with Gasteiger partial charge in [-0.2, -0.15) is 0 Å². The average Bonchev–Trinajstić information content (AvgIpc) is 2.67. The number of amides is 2. The molecule has 0 fully saturated rings. The smallest absolute Gasteiger partial charge is 0.274 e. The van der Waals surface area contributed by atoms with Gasteiger partial charge in [-0.1, -0.05) is 6.07 Å². The predicted molar refractivity (Wildman–Crippen MR) is 92.9 cm³/mol. The zero-order chi connectivity index (χ0) is 20.3. The minimum Gasteiger partial charge on any atom is -0.322 e. The third-order valence-corrected chi connectivity index (χ3v) is 3.63. The van der Waals surface area contributed by atoms with Gasteiger partial charge in [0.1, 0.15) is 23.0 Å². The van der Waals surface area contributed by atoms with E-state index in [2.05, 4.69) is 10.3 Å². The molecule has 2 N–H and O–H groups in total. The number of carbonyl (C=O) groups is 2. The van der Waals surface area contributed by atoms with Crippen molar-refractivity contribution in [1.29, 1.82) is 0 Å². The summed E-state index contributed by atoms with van der Waals surface area (Å²) in [4.78, 5) is 28.2. The van der Waals surface area contributed by atoms with E-state index >= 15 is 0 Å². The highest BCUT2D eigenvalue weighted by molar-refractivity contribution is 6.07. The maximum absolute atomic E-state index is 13.6. The van der Waals surface area contributed by atoms with Gasteiger partial charge in [0.05, 0.1) is 0 Å². The summed E-state index contributed by atoms with van der Waals surface area (Å²) in [6.07, 6.45) is 1.15. The molecule has 0 radical (unpaired) electrons. The molecule has 9 heteroatoms. The molecule has 3 rings (SSSR count). The van der Waals surface area contributed by atoms with Gasteiger partial charge in [0.2, 0.25) is 0 Å². The van der Waals surface area contributed by atoms with Crippen molar-refractivity contribution in [2.75, 3.05) is 10.6 Å². The van der Waals surface area contributed by atoms with Gasteiger partial charge in [-0.15, -0.1) is 0 Å². The molecule has 0 aliphatic carbocycles. The second-order valence-electron chi connectivity index (χ2n) is 5.56. The average molecular weight is 389 g/mol. The third kappa shape index (κ3) is 4.14. The quantitative estimate of drug-likeness (QED) is 0.659. The molecule has 28 heavy (non-hydrogen) atoms. The van der Waals surface area contributed by atoms with Crippen LogP contribution in [-0.2, 0) is 0 Å². The van der Waals surface area contributed by atoms with Gasteiger partial charge in [-0.3, -0.25) is 14.6 Å². The molecule has 5 nitrogen and oxygen atoms in total. The van der Waals surface area contributed by atoms with Crippen LogP contribution < -0.4 is 10.6 Å². The van der Waals surface area contributed by atoms with E-state index in [9.17, 15) is 27.2 Å². The summed E-state index contributed by atoms with van der Waals surface area (Å²) < 4.78 is 53.4. The molecule has 0 spiro atoms. The summed E-state index contributed by atoms with van der Waals surface area (Å²) >= 11 is 0. The van der Waals surface area contributed by atoms with E-state index < -0.39 is 40.8 Å². The van der Waals surface area contributed by atoms with E-state index in [-0.39, 0.29) is 16.9 Å². The summed E-state index contributed by atoms with van der Waals surface area (Å²) in [5.41, 5.74) is -0.953. The van der Waals surface area contributed by atoms with Crippen molar-refractivity contribution in [2.24, 2.45) is 0 Å². The van der Waals surface area contributed by atoms with Gasteiger partial charge < -0.3 is 10.6 Å². The van der Waals surface area contributed by atoms with Crippen LogP contribution in [0.1, 0.15) is 20.8 Å². The van der Waals surface area contributed by atoms with Crippen LogP contribution in [-0.4, -0.2) is 16.8 Å². The number of rotatable bonds is 4. The van der Waals surface area contributed by atoms with Crippen LogP contribution in [0.25, 0.3) is 0 Å². The minimum atomic E-state index is -1.14. The highest BCUT2D eigenvalue weighted by Gasteiger charge is 2.16. The van der Waals surface area contributed by atoms with Crippen molar-refractivity contribution in [3.05, 3.63) is 89.3 Å². The summed E-state index contributed by atoms with van der Waals surface area (Å²) in [7, 11) is 0. The molecule has 2 amide bonds. The number of halogens is 4. The van der Waals surface area contributed by atoms with Gasteiger partial charge in [-0.05, 0) is 36.4 Å². The van der Waals surface area contributed by atoms with Crippen molar-refractivity contribution < 1.29 is 27.2 Å². The second-order valence-corrected chi connectivity index (χ2v) is 5.56. The lowest BCUT2D eigenvalue weighted by Crippen LogP contribution is -2.18. The van der Waals surface area contributed by atoms with Crippen LogP contribution in [0.2, 0.25) is 0 Å². The number of hydrogen-bond donors (Lipinski definition) is 2. The molecule has 2 aromatic carbocycles. The van der Waals surface area contributed by atoms with Crippen molar-refractivity contribution >= 4 is 23.2 Å². The third-order valence-electron chi connectivity index (χ3n) is 3.63. The number of aromatic nitrogens is 1. The van der Waals surface area contributed by atoms with Gasteiger partial charge >= 0.3 is 0 Å². The van der Waals surface area contributed by atoms with Crippen LogP contribution in [0.4, 0.5) is 28.9 Å². The summed E-state index contributed by atoms with van der Waals surface area (Å²) in [5.74, 6) is -5.81. The Hall–Kier alpha value is -3.75. The Morgan fingerprint density at radius 1 is 0.750 bits per heavy atom. The van der Waals surface area contributed by atoms with E-state index in [1.807, 2.05) is 5.32 Å². The van der Waals surface area contributed by atoms with Gasteiger partial charge in [0, 0.05) is 23.5 Å². The molecule has 0 unspecified atom stereocenters. The highest BCUT2D eigenvalue weighted by atomic mass is 19.2. The molecular formula is C19H11F4N3O2. The van der Waals surface area contributed by atoms with Crippen molar-refractivity contribution in [1.82, 2.24) is 4.98 Å². The number of nitrogens with zero attached hydrogens (tertiary/aromatic N) is 1. The molecule has 3 aromatic rings. The van der Waals surface area contributed by atoms with Crippen LogP contribution >= 0.6 is 0 Å². The SMILES string of the molecule is O=C(Nc1ccc(F)c(F)c1)c1ccnc(C(=O)Nc2c(F)cccc2F)c1. The standard InChI is InChI=1S/C19H11F4N3O2/c20-12-5-4-11(9-15(12)23)25-18(27)10-6-7-24-16(8-10)19(28)26-17-13(21)2-1-3-14(17)22/h1-9H,(H,25,27)(H,26,28). The van der Waals surface area contributed by atoms with Crippen molar-refractivity contribution in [2.45, 2.75) is 0 Å². The number of benzene rings is 2. The molecule has 0 aliphatic heterocycles. The van der Waals surface area contributed by atoms with E-state index in [1.54, 1.807) is 0 Å². The van der Waals surface area contributed by atoms with Gasteiger partial charge in [0.15, 0.2) is 11.6 Å². The van der Waals surface area contributed by atoms with Gasteiger partial charge in [-0.25, -0.2) is 17.6 Å². The first-order chi connectivity index (χ1) is 13.3. The lowest BCUT2D eigenvalue weighted by molar-refractivity contribution is 0.102. The lowest BCUT2D eigenvalue weighted by atomic mass is 10.2. The lowest BCUT2D eigenvalue weighted by Gasteiger charge is -2.09. The summed E-state index contributed by atoms with van der Waals surface area (Å²) in [5, 5.41) is 4.39. The summed E-state index contributed by atoms with van der Waals surface area (Å²) in [6.45, 7) is 0.